The van der Waals surface area contributed by atoms with Crippen LogP contribution >= 0.6 is 11.3 Å². The monoisotopic (exact) mass is 223 g/mol. The van der Waals surface area contributed by atoms with Gasteiger partial charge < -0.3 is 10.0 Å². The molecule has 0 saturated heterocycles. The van der Waals surface area contributed by atoms with Gasteiger partial charge in [0.05, 0.1) is 12.0 Å². The molecular weight excluding hydrogens is 210 g/mol. The van der Waals surface area contributed by atoms with Gasteiger partial charge in [0.1, 0.15) is 17.0 Å². The fraction of sp³-hybridized carbons (Fsp3) is 0.400. The Kier molecular flexibility index (Phi) is 3.13. The summed E-state index contributed by atoms with van der Waals surface area (Å²) in [6.07, 6.45) is 1.58. The van der Waals surface area contributed by atoms with Crippen LogP contribution in [0.4, 0.5) is 5.82 Å². The zero-order chi connectivity index (χ0) is 10.7. The number of hydrogen-bond donors (Lipinski definition) is 1. The first-order valence-corrected chi connectivity index (χ1v) is 5.78. The van der Waals surface area contributed by atoms with Gasteiger partial charge in [0.15, 0.2) is 0 Å². The number of rotatable bonds is 4. The second kappa shape index (κ2) is 4.55. The highest BCUT2D eigenvalue weighted by Gasteiger charge is 2.10. The van der Waals surface area contributed by atoms with Gasteiger partial charge in [0.2, 0.25) is 0 Å². The third kappa shape index (κ3) is 1.93. The van der Waals surface area contributed by atoms with Crippen molar-refractivity contribution < 1.29 is 5.11 Å². The van der Waals surface area contributed by atoms with Crippen LogP contribution in [-0.2, 0) is 0 Å². The van der Waals surface area contributed by atoms with Crippen molar-refractivity contribution in [2.45, 2.75) is 6.92 Å². The van der Waals surface area contributed by atoms with Crippen LogP contribution in [0.3, 0.4) is 0 Å². The lowest BCUT2D eigenvalue weighted by atomic mass is 10.3. The predicted molar refractivity (Wildman–Crippen MR) is 62.4 cm³/mol. The summed E-state index contributed by atoms with van der Waals surface area (Å²) in [5, 5.41) is 12.0. The highest BCUT2D eigenvalue weighted by atomic mass is 32.1. The summed E-state index contributed by atoms with van der Waals surface area (Å²) in [6, 6.07) is 2.02. The minimum absolute atomic E-state index is 0.142. The Hall–Kier alpha value is -1.20. The molecule has 0 atom stereocenters. The molecular formula is C10H13N3OS. The third-order valence-electron chi connectivity index (χ3n) is 2.29. The molecule has 0 aliphatic heterocycles. The maximum atomic E-state index is 8.97. The molecule has 0 fully saturated rings. The second-order valence-electron chi connectivity index (χ2n) is 3.14. The quantitative estimate of drug-likeness (QED) is 0.853. The molecule has 0 aromatic carbocycles. The number of nitrogens with zero attached hydrogens (tertiary/aromatic N) is 3. The van der Waals surface area contributed by atoms with Crippen LogP contribution in [0.2, 0.25) is 0 Å². The van der Waals surface area contributed by atoms with Gasteiger partial charge in [0, 0.05) is 13.1 Å². The van der Waals surface area contributed by atoms with Gasteiger partial charge in [0.25, 0.3) is 0 Å². The average Bonchev–Trinajstić information content (AvgIpc) is 2.73. The fourth-order valence-corrected chi connectivity index (χ4v) is 2.29. The second-order valence-corrected chi connectivity index (χ2v) is 4.03. The SMILES string of the molecule is CCN(CCO)c1ncnc2sccc12. The molecule has 2 heterocycles. The molecule has 1 N–H and O–H groups in total. The van der Waals surface area contributed by atoms with Gasteiger partial charge in [-0.1, -0.05) is 0 Å². The summed E-state index contributed by atoms with van der Waals surface area (Å²) in [6.45, 7) is 3.64. The van der Waals surface area contributed by atoms with Gasteiger partial charge in [-0.05, 0) is 18.4 Å². The summed E-state index contributed by atoms with van der Waals surface area (Å²) in [4.78, 5) is 11.5. The van der Waals surface area contributed by atoms with Crippen LogP contribution in [0, 0.1) is 0 Å². The normalized spacial score (nSPS) is 10.8. The van der Waals surface area contributed by atoms with Gasteiger partial charge in [-0.25, -0.2) is 9.97 Å². The molecule has 0 saturated carbocycles. The first-order valence-electron chi connectivity index (χ1n) is 4.90. The number of hydrogen-bond acceptors (Lipinski definition) is 5. The standard InChI is InChI=1S/C10H13N3OS/c1-2-13(4-5-14)9-8-3-6-15-10(8)12-7-11-9/h3,6-7,14H,2,4-5H2,1H3. The van der Waals surface area contributed by atoms with Gasteiger partial charge >= 0.3 is 0 Å². The van der Waals surface area contributed by atoms with Crippen LogP contribution in [0.15, 0.2) is 17.8 Å². The van der Waals surface area contributed by atoms with Crippen molar-refractivity contribution in [3.8, 4) is 0 Å². The lowest BCUT2D eigenvalue weighted by molar-refractivity contribution is 0.302. The number of aliphatic hydroxyl groups is 1. The van der Waals surface area contributed by atoms with Crippen molar-refractivity contribution in [2.75, 3.05) is 24.6 Å². The van der Waals surface area contributed by atoms with E-state index in [-0.39, 0.29) is 6.61 Å². The maximum Gasteiger partial charge on any atom is 0.140 e. The van der Waals surface area contributed by atoms with E-state index in [1.54, 1.807) is 17.7 Å². The number of fused-ring (bicyclic) bond motifs is 1. The van der Waals surface area contributed by atoms with Crippen molar-refractivity contribution in [3.63, 3.8) is 0 Å². The summed E-state index contributed by atoms with van der Waals surface area (Å²) in [5.41, 5.74) is 0. The molecule has 0 aliphatic rings. The van der Waals surface area contributed by atoms with Crippen LogP contribution in [0.1, 0.15) is 6.92 Å². The number of aromatic nitrogens is 2. The van der Waals surface area contributed by atoms with Gasteiger partial charge in [-0.3, -0.25) is 0 Å². The Morgan fingerprint density at radius 3 is 3.07 bits per heavy atom. The minimum Gasteiger partial charge on any atom is -0.395 e. The maximum absolute atomic E-state index is 8.97. The molecule has 0 amide bonds. The zero-order valence-corrected chi connectivity index (χ0v) is 9.37. The Bertz CT molecular complexity index is 443. The van der Waals surface area contributed by atoms with E-state index >= 15 is 0 Å². The van der Waals surface area contributed by atoms with E-state index in [9.17, 15) is 0 Å². The summed E-state index contributed by atoms with van der Waals surface area (Å²) in [7, 11) is 0. The summed E-state index contributed by atoms with van der Waals surface area (Å²) < 4.78 is 0. The Balaban J connectivity index is 2.44. The number of aliphatic hydroxyl groups excluding tert-OH is 1. The summed E-state index contributed by atoms with van der Waals surface area (Å²) in [5.74, 6) is 0.915. The number of likely N-dealkylation sites (N-methyl/N-ethyl adjacent to an activating group) is 1. The molecule has 2 aromatic heterocycles. The molecule has 0 bridgehead atoms. The Labute approximate surface area is 92.2 Å². The molecule has 5 heteroatoms. The number of anilines is 1. The Morgan fingerprint density at radius 1 is 1.47 bits per heavy atom. The van der Waals surface area contributed by atoms with E-state index in [2.05, 4.69) is 21.8 Å². The third-order valence-corrected chi connectivity index (χ3v) is 3.11. The van der Waals surface area contributed by atoms with Crippen LogP contribution in [-0.4, -0.2) is 34.8 Å². The first-order chi connectivity index (χ1) is 7.36. The molecule has 4 nitrogen and oxygen atoms in total. The molecule has 0 radical (unpaired) electrons. The molecule has 2 rings (SSSR count). The van der Waals surface area contributed by atoms with Crippen molar-refractivity contribution in [1.29, 1.82) is 0 Å². The average molecular weight is 223 g/mol. The Morgan fingerprint density at radius 2 is 2.33 bits per heavy atom. The zero-order valence-electron chi connectivity index (χ0n) is 8.55. The lowest BCUT2D eigenvalue weighted by Crippen LogP contribution is -2.27. The minimum atomic E-state index is 0.142. The van der Waals surface area contributed by atoms with E-state index in [1.165, 1.54) is 0 Å². The highest BCUT2D eigenvalue weighted by molar-refractivity contribution is 7.16. The predicted octanol–water partition coefficient (Wildman–Crippen LogP) is 1.51. The van der Waals surface area contributed by atoms with E-state index in [0.717, 1.165) is 22.6 Å². The van der Waals surface area contributed by atoms with E-state index in [4.69, 9.17) is 5.11 Å². The van der Waals surface area contributed by atoms with Crippen LogP contribution < -0.4 is 4.90 Å². The van der Waals surface area contributed by atoms with Gasteiger partial charge in [-0.15, -0.1) is 11.3 Å². The number of thiophene rings is 1. The van der Waals surface area contributed by atoms with Crippen molar-refractivity contribution >= 4 is 27.4 Å². The molecule has 0 unspecified atom stereocenters. The first kappa shape index (κ1) is 10.3. The fourth-order valence-electron chi connectivity index (χ4n) is 1.56. The lowest BCUT2D eigenvalue weighted by Gasteiger charge is -2.20. The van der Waals surface area contributed by atoms with E-state index in [0.29, 0.717) is 6.54 Å². The van der Waals surface area contributed by atoms with E-state index < -0.39 is 0 Å². The molecule has 80 valence electrons. The molecule has 0 aliphatic carbocycles. The van der Waals surface area contributed by atoms with Crippen molar-refractivity contribution in [3.05, 3.63) is 17.8 Å². The largest absolute Gasteiger partial charge is 0.395 e. The molecule has 2 aromatic rings. The molecule has 0 spiro atoms. The van der Waals surface area contributed by atoms with Crippen molar-refractivity contribution in [2.24, 2.45) is 0 Å². The molecule has 15 heavy (non-hydrogen) atoms. The summed E-state index contributed by atoms with van der Waals surface area (Å²) >= 11 is 1.61. The van der Waals surface area contributed by atoms with Crippen molar-refractivity contribution in [1.82, 2.24) is 9.97 Å². The highest BCUT2D eigenvalue weighted by Crippen LogP contribution is 2.26. The van der Waals surface area contributed by atoms with Gasteiger partial charge in [-0.2, -0.15) is 0 Å². The van der Waals surface area contributed by atoms with E-state index in [1.807, 2.05) is 11.4 Å². The topological polar surface area (TPSA) is 49.2 Å². The smallest absolute Gasteiger partial charge is 0.140 e. The van der Waals surface area contributed by atoms with Crippen LogP contribution in [0.25, 0.3) is 10.2 Å². The van der Waals surface area contributed by atoms with Crippen LogP contribution in [0.5, 0.6) is 0 Å².